The molecular weight excluding hydrogens is 295 g/mol. The second-order valence-electron chi connectivity index (χ2n) is 3.26. The van der Waals surface area contributed by atoms with Gasteiger partial charge in [-0.15, -0.1) is 0 Å². The smallest absolute Gasteiger partial charge is 0.426 e. The molecule has 0 radical (unpaired) electrons. The summed E-state index contributed by atoms with van der Waals surface area (Å²) >= 11 is 11.6. The van der Waals surface area contributed by atoms with Gasteiger partial charge in [0.2, 0.25) is 0 Å². The summed E-state index contributed by atoms with van der Waals surface area (Å²) in [6.07, 6.45) is -0.753. The Morgan fingerprint density at radius 1 is 1.26 bits per heavy atom. The van der Waals surface area contributed by atoms with Crippen LogP contribution in [0.3, 0.4) is 0 Å². The predicted molar refractivity (Wildman–Crippen MR) is 70.3 cm³/mol. The maximum atomic E-state index is 11.3. The van der Waals surface area contributed by atoms with Gasteiger partial charge < -0.3 is 9.47 Å². The number of nitrogens with one attached hydrogen (secondary N) is 2. The molecule has 0 fully saturated rings. The average molecular weight is 307 g/mol. The van der Waals surface area contributed by atoms with E-state index in [0.29, 0.717) is 10.0 Å². The molecule has 1 aromatic rings. The van der Waals surface area contributed by atoms with Gasteiger partial charge in [-0.2, -0.15) is 0 Å². The fourth-order valence-corrected chi connectivity index (χ4v) is 1.39. The Hall–Kier alpha value is -1.66. The first-order valence-electron chi connectivity index (χ1n) is 5.32. The quantitative estimate of drug-likeness (QED) is 0.836. The first-order chi connectivity index (χ1) is 9.02. The molecule has 8 heteroatoms. The van der Waals surface area contributed by atoms with Crippen molar-refractivity contribution in [2.75, 3.05) is 13.2 Å². The van der Waals surface area contributed by atoms with Crippen LogP contribution in [0, 0.1) is 0 Å². The van der Waals surface area contributed by atoms with Crippen LogP contribution in [0.2, 0.25) is 10.0 Å². The highest BCUT2D eigenvalue weighted by Gasteiger charge is 2.08. The molecule has 0 heterocycles. The minimum atomic E-state index is -0.753. The monoisotopic (exact) mass is 306 g/mol. The molecule has 0 aliphatic heterocycles. The summed E-state index contributed by atoms with van der Waals surface area (Å²) < 4.78 is 9.70. The molecule has 1 aromatic carbocycles. The molecule has 0 atom stereocenters. The SMILES string of the molecule is CCOC(=O)NNC(=O)COc1cc(Cl)ccc1Cl. The number of carbonyl (C=O) groups is 2. The molecule has 0 saturated heterocycles. The number of benzene rings is 1. The second-order valence-corrected chi connectivity index (χ2v) is 4.10. The van der Waals surface area contributed by atoms with Gasteiger partial charge >= 0.3 is 6.09 Å². The predicted octanol–water partition coefficient (Wildman–Crippen LogP) is 2.15. The Morgan fingerprint density at radius 2 is 2.00 bits per heavy atom. The maximum Gasteiger partial charge on any atom is 0.426 e. The maximum absolute atomic E-state index is 11.3. The van der Waals surface area contributed by atoms with E-state index in [0.717, 1.165) is 0 Å². The van der Waals surface area contributed by atoms with Gasteiger partial charge in [-0.05, 0) is 19.1 Å². The van der Waals surface area contributed by atoms with Crippen LogP contribution < -0.4 is 15.6 Å². The summed E-state index contributed by atoms with van der Waals surface area (Å²) in [5.41, 5.74) is 4.15. The van der Waals surface area contributed by atoms with E-state index in [2.05, 4.69) is 10.2 Å². The highest BCUT2D eigenvalue weighted by atomic mass is 35.5. The van der Waals surface area contributed by atoms with E-state index in [-0.39, 0.29) is 19.0 Å². The van der Waals surface area contributed by atoms with E-state index in [9.17, 15) is 9.59 Å². The third-order valence-electron chi connectivity index (χ3n) is 1.83. The molecule has 0 aromatic heterocycles. The number of amides is 2. The van der Waals surface area contributed by atoms with Gasteiger partial charge in [0, 0.05) is 11.1 Å². The van der Waals surface area contributed by atoms with E-state index in [4.69, 9.17) is 27.9 Å². The number of rotatable bonds is 4. The lowest BCUT2D eigenvalue weighted by Crippen LogP contribution is -2.44. The Morgan fingerprint density at radius 3 is 2.68 bits per heavy atom. The number of halogens is 2. The first kappa shape index (κ1) is 15.4. The molecule has 2 amide bonds. The van der Waals surface area contributed by atoms with Crippen molar-refractivity contribution in [1.29, 1.82) is 0 Å². The van der Waals surface area contributed by atoms with Gasteiger partial charge in [0.05, 0.1) is 11.6 Å². The molecule has 0 saturated carbocycles. The molecule has 104 valence electrons. The van der Waals surface area contributed by atoms with Crippen molar-refractivity contribution in [1.82, 2.24) is 10.9 Å². The van der Waals surface area contributed by atoms with Crippen molar-refractivity contribution in [2.24, 2.45) is 0 Å². The fraction of sp³-hybridized carbons (Fsp3) is 0.273. The molecule has 1 rings (SSSR count). The van der Waals surface area contributed by atoms with Crippen LogP contribution in [-0.4, -0.2) is 25.2 Å². The Labute approximate surface area is 119 Å². The van der Waals surface area contributed by atoms with Crippen LogP contribution in [0.4, 0.5) is 4.79 Å². The van der Waals surface area contributed by atoms with Crippen molar-refractivity contribution in [3.05, 3.63) is 28.2 Å². The van der Waals surface area contributed by atoms with Gasteiger partial charge in [0.15, 0.2) is 6.61 Å². The fourth-order valence-electron chi connectivity index (χ4n) is 1.06. The lowest BCUT2D eigenvalue weighted by Gasteiger charge is -2.09. The van der Waals surface area contributed by atoms with Crippen LogP contribution in [0.1, 0.15) is 6.92 Å². The molecular formula is C11H12Cl2N2O4. The van der Waals surface area contributed by atoms with Crippen LogP contribution in [0.25, 0.3) is 0 Å². The van der Waals surface area contributed by atoms with E-state index >= 15 is 0 Å². The molecule has 19 heavy (non-hydrogen) atoms. The molecule has 0 aliphatic carbocycles. The van der Waals surface area contributed by atoms with Gasteiger partial charge in [-0.25, -0.2) is 10.2 Å². The summed E-state index contributed by atoms with van der Waals surface area (Å²) in [4.78, 5) is 22.2. The van der Waals surface area contributed by atoms with Gasteiger partial charge in [0.1, 0.15) is 5.75 Å². The van der Waals surface area contributed by atoms with Gasteiger partial charge in [0.25, 0.3) is 5.91 Å². The van der Waals surface area contributed by atoms with Crippen LogP contribution in [0.15, 0.2) is 18.2 Å². The molecule has 0 spiro atoms. The van der Waals surface area contributed by atoms with Crippen molar-refractivity contribution in [2.45, 2.75) is 6.92 Å². The summed E-state index contributed by atoms with van der Waals surface area (Å²) in [5, 5.41) is 0.764. The normalized spacial score (nSPS) is 9.63. The summed E-state index contributed by atoms with van der Waals surface area (Å²) in [6.45, 7) is 1.52. The van der Waals surface area contributed by atoms with Crippen LogP contribution in [0.5, 0.6) is 5.75 Å². The zero-order valence-electron chi connectivity index (χ0n) is 10.0. The largest absolute Gasteiger partial charge is 0.482 e. The first-order valence-corrected chi connectivity index (χ1v) is 6.08. The Bertz CT molecular complexity index is 468. The van der Waals surface area contributed by atoms with Crippen LogP contribution >= 0.6 is 23.2 Å². The van der Waals surface area contributed by atoms with E-state index in [1.54, 1.807) is 19.1 Å². The zero-order valence-corrected chi connectivity index (χ0v) is 11.5. The standard InChI is InChI=1S/C11H12Cl2N2O4/c1-2-18-11(17)15-14-10(16)6-19-9-5-7(12)3-4-8(9)13/h3-5H,2,6H2,1H3,(H,14,16)(H,15,17). The molecule has 0 unspecified atom stereocenters. The number of carbonyl (C=O) groups excluding carboxylic acids is 2. The lowest BCUT2D eigenvalue weighted by atomic mass is 10.3. The summed E-state index contributed by atoms with van der Waals surface area (Å²) in [5.74, 6) is -0.287. The highest BCUT2D eigenvalue weighted by Crippen LogP contribution is 2.27. The second kappa shape index (κ2) is 7.70. The van der Waals surface area contributed by atoms with Gasteiger partial charge in [-0.3, -0.25) is 10.2 Å². The van der Waals surface area contributed by atoms with Crippen molar-refractivity contribution < 1.29 is 19.1 Å². The minimum Gasteiger partial charge on any atom is -0.482 e. The van der Waals surface area contributed by atoms with E-state index in [1.165, 1.54) is 6.07 Å². The van der Waals surface area contributed by atoms with Crippen molar-refractivity contribution >= 4 is 35.2 Å². The highest BCUT2D eigenvalue weighted by molar-refractivity contribution is 6.34. The third kappa shape index (κ3) is 5.67. The number of hydrazine groups is 1. The summed E-state index contributed by atoms with van der Waals surface area (Å²) in [7, 11) is 0. The van der Waals surface area contributed by atoms with Crippen molar-refractivity contribution in [3.8, 4) is 5.75 Å². The Balaban J connectivity index is 2.38. The Kier molecular flexibility index (Phi) is 6.24. The zero-order chi connectivity index (χ0) is 14.3. The topological polar surface area (TPSA) is 76.7 Å². The third-order valence-corrected chi connectivity index (χ3v) is 2.38. The van der Waals surface area contributed by atoms with Crippen molar-refractivity contribution in [3.63, 3.8) is 0 Å². The lowest BCUT2D eigenvalue weighted by molar-refractivity contribution is -0.123. The molecule has 0 aliphatic rings. The molecule has 2 N–H and O–H groups in total. The minimum absolute atomic E-state index is 0.205. The molecule has 0 bridgehead atoms. The number of hydrogen-bond acceptors (Lipinski definition) is 4. The summed E-state index contributed by atoms with van der Waals surface area (Å²) in [6, 6.07) is 4.63. The van der Waals surface area contributed by atoms with E-state index in [1.807, 2.05) is 5.43 Å². The number of hydrogen-bond donors (Lipinski definition) is 2. The molecule has 6 nitrogen and oxygen atoms in total. The number of ether oxygens (including phenoxy) is 2. The van der Waals surface area contributed by atoms with Crippen LogP contribution in [-0.2, 0) is 9.53 Å². The average Bonchev–Trinajstić information content (AvgIpc) is 2.38. The van der Waals surface area contributed by atoms with E-state index < -0.39 is 12.0 Å². The van der Waals surface area contributed by atoms with Gasteiger partial charge in [-0.1, -0.05) is 23.2 Å².